The van der Waals surface area contributed by atoms with Crippen molar-refractivity contribution in [2.24, 2.45) is 17.8 Å². The van der Waals surface area contributed by atoms with Gasteiger partial charge in [0.15, 0.2) is 0 Å². The second-order valence-electron chi connectivity index (χ2n) is 11.1. The van der Waals surface area contributed by atoms with Gasteiger partial charge in [-0.25, -0.2) is 4.98 Å². The Balaban J connectivity index is 1.53. The van der Waals surface area contributed by atoms with E-state index in [4.69, 9.17) is 9.47 Å². The van der Waals surface area contributed by atoms with E-state index >= 15 is 0 Å². The SMILES string of the molecule is C[C@@H]1CN([C@H](C)CO)C(=O)c2cc(C#CCC3CCCC3)cnc2O[C@H]1CN(C)CC1CCOCC1. The molecule has 1 amide bonds. The Bertz CT molecular complexity index is 930. The number of carbonyl (C=O) groups is 1. The summed E-state index contributed by atoms with van der Waals surface area (Å²) in [5.41, 5.74) is 1.18. The molecule has 1 saturated carbocycles. The average Bonchev–Trinajstić information content (AvgIpc) is 3.40. The highest BCUT2D eigenvalue weighted by molar-refractivity contribution is 5.97. The first-order chi connectivity index (χ1) is 17.4. The van der Waals surface area contributed by atoms with E-state index in [9.17, 15) is 9.90 Å². The standard InChI is InChI=1S/C29H43N3O4/c1-21-17-32(22(2)20-33)29(34)26-15-25(10-6-9-23-7-4-5-8-23)16-30-28(26)36-27(21)19-31(3)18-24-11-13-35-14-12-24/h15-16,21-24,27,33H,4-5,7-9,11-14,17-20H2,1-3H3/t21-,22-,27+/m1/s1. The summed E-state index contributed by atoms with van der Waals surface area (Å²) < 4.78 is 12.0. The summed E-state index contributed by atoms with van der Waals surface area (Å²) in [6.45, 7) is 7.87. The molecule has 3 heterocycles. The first-order valence-electron chi connectivity index (χ1n) is 13.8. The van der Waals surface area contributed by atoms with Crippen molar-refractivity contribution in [3.05, 3.63) is 23.4 Å². The number of fused-ring (bicyclic) bond motifs is 1. The maximum atomic E-state index is 13.6. The molecule has 1 aliphatic carbocycles. The number of pyridine rings is 1. The van der Waals surface area contributed by atoms with E-state index < -0.39 is 0 Å². The Morgan fingerprint density at radius 1 is 1.19 bits per heavy atom. The Morgan fingerprint density at radius 2 is 1.94 bits per heavy atom. The molecule has 3 atom stereocenters. The van der Waals surface area contributed by atoms with E-state index in [1.54, 1.807) is 11.1 Å². The zero-order chi connectivity index (χ0) is 25.5. The summed E-state index contributed by atoms with van der Waals surface area (Å²) in [4.78, 5) is 22.3. The second-order valence-corrected chi connectivity index (χ2v) is 11.1. The number of nitrogens with zero attached hydrogens (tertiary/aromatic N) is 3. The van der Waals surface area contributed by atoms with Crippen molar-refractivity contribution in [3.63, 3.8) is 0 Å². The zero-order valence-corrected chi connectivity index (χ0v) is 22.2. The third-order valence-corrected chi connectivity index (χ3v) is 8.02. The summed E-state index contributed by atoms with van der Waals surface area (Å²) in [5, 5.41) is 9.89. The summed E-state index contributed by atoms with van der Waals surface area (Å²) in [7, 11) is 2.14. The fourth-order valence-corrected chi connectivity index (χ4v) is 5.65. The van der Waals surface area contributed by atoms with Gasteiger partial charge in [-0.1, -0.05) is 31.6 Å². The smallest absolute Gasteiger partial charge is 0.259 e. The molecule has 7 nitrogen and oxygen atoms in total. The van der Waals surface area contributed by atoms with Gasteiger partial charge in [0.25, 0.3) is 5.91 Å². The minimum absolute atomic E-state index is 0.0842. The predicted molar refractivity (Wildman–Crippen MR) is 140 cm³/mol. The van der Waals surface area contributed by atoms with E-state index in [-0.39, 0.29) is 30.6 Å². The molecule has 36 heavy (non-hydrogen) atoms. The minimum atomic E-state index is -0.288. The quantitative estimate of drug-likeness (QED) is 0.581. The summed E-state index contributed by atoms with van der Waals surface area (Å²) in [6.07, 6.45) is 9.83. The summed E-state index contributed by atoms with van der Waals surface area (Å²) >= 11 is 0. The van der Waals surface area contributed by atoms with Crippen molar-refractivity contribution in [2.75, 3.05) is 46.5 Å². The molecule has 0 unspecified atom stereocenters. The van der Waals surface area contributed by atoms with Crippen LogP contribution in [0.15, 0.2) is 12.3 Å². The number of hydrogen-bond donors (Lipinski definition) is 1. The van der Waals surface area contributed by atoms with Gasteiger partial charge in [0, 0.05) is 56.9 Å². The van der Waals surface area contributed by atoms with Crippen LogP contribution in [0.5, 0.6) is 5.88 Å². The van der Waals surface area contributed by atoms with Crippen LogP contribution in [0.4, 0.5) is 0 Å². The molecule has 3 aliphatic rings. The molecular formula is C29H43N3O4. The molecule has 0 bridgehead atoms. The molecule has 198 valence electrons. The molecule has 7 heteroatoms. The molecular weight excluding hydrogens is 454 g/mol. The van der Waals surface area contributed by atoms with E-state index in [0.717, 1.165) is 51.1 Å². The molecule has 0 aromatic carbocycles. The van der Waals surface area contributed by atoms with Crippen LogP contribution in [-0.2, 0) is 4.74 Å². The number of rotatable bonds is 7. The highest BCUT2D eigenvalue weighted by Crippen LogP contribution is 2.29. The van der Waals surface area contributed by atoms with Crippen molar-refractivity contribution in [1.29, 1.82) is 0 Å². The van der Waals surface area contributed by atoms with Crippen molar-refractivity contribution < 1.29 is 19.4 Å². The van der Waals surface area contributed by atoms with Gasteiger partial charge in [0.2, 0.25) is 5.88 Å². The van der Waals surface area contributed by atoms with Crippen LogP contribution >= 0.6 is 0 Å². The Labute approximate surface area is 216 Å². The number of hydrogen-bond acceptors (Lipinski definition) is 6. The van der Waals surface area contributed by atoms with E-state index in [0.29, 0.717) is 29.8 Å². The molecule has 2 aliphatic heterocycles. The van der Waals surface area contributed by atoms with Gasteiger partial charge >= 0.3 is 0 Å². The van der Waals surface area contributed by atoms with Crippen molar-refractivity contribution in [1.82, 2.24) is 14.8 Å². The highest BCUT2D eigenvalue weighted by atomic mass is 16.5. The minimum Gasteiger partial charge on any atom is -0.472 e. The van der Waals surface area contributed by atoms with Gasteiger partial charge in [0.05, 0.1) is 12.6 Å². The van der Waals surface area contributed by atoms with Crippen LogP contribution in [0.2, 0.25) is 0 Å². The largest absolute Gasteiger partial charge is 0.472 e. The van der Waals surface area contributed by atoms with Gasteiger partial charge in [0.1, 0.15) is 11.7 Å². The number of aliphatic hydroxyl groups is 1. The summed E-state index contributed by atoms with van der Waals surface area (Å²) in [6, 6.07) is 1.53. The molecule has 0 spiro atoms. The Kier molecular flexibility index (Phi) is 9.64. The van der Waals surface area contributed by atoms with Crippen LogP contribution < -0.4 is 4.74 Å². The van der Waals surface area contributed by atoms with Crippen LogP contribution in [0, 0.1) is 29.6 Å². The molecule has 1 aromatic heterocycles. The third-order valence-electron chi connectivity index (χ3n) is 8.02. The fraction of sp³-hybridized carbons (Fsp3) is 0.724. The van der Waals surface area contributed by atoms with Crippen molar-refractivity contribution in [2.45, 2.75) is 70.9 Å². The Hall–Kier alpha value is -2.14. The topological polar surface area (TPSA) is 75.1 Å². The monoisotopic (exact) mass is 497 g/mol. The van der Waals surface area contributed by atoms with Gasteiger partial charge in [-0.05, 0) is 57.6 Å². The average molecular weight is 498 g/mol. The fourth-order valence-electron chi connectivity index (χ4n) is 5.65. The lowest BCUT2D eigenvalue weighted by molar-refractivity contribution is 0.0254. The normalized spacial score (nSPS) is 24.5. The van der Waals surface area contributed by atoms with Crippen LogP contribution in [-0.4, -0.2) is 84.4 Å². The number of aliphatic hydroxyl groups excluding tert-OH is 1. The van der Waals surface area contributed by atoms with E-state index in [1.807, 2.05) is 13.0 Å². The van der Waals surface area contributed by atoms with Crippen molar-refractivity contribution >= 4 is 5.91 Å². The Morgan fingerprint density at radius 3 is 2.67 bits per heavy atom. The van der Waals surface area contributed by atoms with Crippen LogP contribution in [0.25, 0.3) is 0 Å². The third kappa shape index (κ3) is 7.00. The second kappa shape index (κ2) is 12.9. The molecule has 0 radical (unpaired) electrons. The van der Waals surface area contributed by atoms with Gasteiger partial charge < -0.3 is 24.4 Å². The lowest BCUT2D eigenvalue weighted by Crippen LogP contribution is -2.50. The van der Waals surface area contributed by atoms with Gasteiger partial charge in [-0.15, -0.1) is 0 Å². The molecule has 1 aromatic rings. The van der Waals surface area contributed by atoms with E-state index in [2.05, 4.69) is 35.7 Å². The van der Waals surface area contributed by atoms with Crippen LogP contribution in [0.1, 0.15) is 74.7 Å². The zero-order valence-electron chi connectivity index (χ0n) is 22.2. The number of amides is 1. The van der Waals surface area contributed by atoms with Crippen LogP contribution in [0.3, 0.4) is 0 Å². The maximum Gasteiger partial charge on any atom is 0.259 e. The maximum absolute atomic E-state index is 13.6. The first kappa shape index (κ1) is 26.9. The van der Waals surface area contributed by atoms with E-state index in [1.165, 1.54) is 25.7 Å². The lowest BCUT2D eigenvalue weighted by Gasteiger charge is -2.38. The summed E-state index contributed by atoms with van der Waals surface area (Å²) in [5.74, 6) is 8.16. The molecule has 1 saturated heterocycles. The number of ether oxygens (including phenoxy) is 2. The number of likely N-dealkylation sites (N-methyl/N-ethyl adjacent to an activating group) is 1. The molecule has 1 N–H and O–H groups in total. The first-order valence-corrected chi connectivity index (χ1v) is 13.8. The lowest BCUT2D eigenvalue weighted by atomic mass is 9.97. The molecule has 4 rings (SSSR count). The van der Waals surface area contributed by atoms with Crippen molar-refractivity contribution in [3.8, 4) is 17.7 Å². The number of carbonyl (C=O) groups excluding carboxylic acids is 1. The van der Waals surface area contributed by atoms with Gasteiger partial charge in [-0.3, -0.25) is 4.79 Å². The highest BCUT2D eigenvalue weighted by Gasteiger charge is 2.34. The molecule has 2 fully saturated rings. The predicted octanol–water partition coefficient (Wildman–Crippen LogP) is 3.59. The number of aromatic nitrogens is 1. The van der Waals surface area contributed by atoms with Gasteiger partial charge in [-0.2, -0.15) is 0 Å².